The molecule has 13 heavy (non-hydrogen) atoms. The molecular weight excluding hydrogens is 168 g/mol. The van der Waals surface area contributed by atoms with Crippen molar-refractivity contribution in [3.8, 4) is 0 Å². The summed E-state index contributed by atoms with van der Waals surface area (Å²) in [7, 11) is 0. The Bertz CT molecular complexity index is 127. The van der Waals surface area contributed by atoms with Crippen LogP contribution in [-0.2, 0) is 0 Å². The second kappa shape index (κ2) is 6.35. The first kappa shape index (κ1) is 12.9. The van der Waals surface area contributed by atoms with Crippen molar-refractivity contribution < 1.29 is 15.3 Å². The van der Waals surface area contributed by atoms with E-state index in [-0.39, 0.29) is 6.61 Å². The summed E-state index contributed by atoms with van der Waals surface area (Å²) in [5.41, 5.74) is -1.29. The van der Waals surface area contributed by atoms with E-state index in [1.165, 1.54) is 0 Å². The summed E-state index contributed by atoms with van der Waals surface area (Å²) >= 11 is 0. The standard InChI is InChI=1S/C10H22O3/c1-3-5-7-10(13,8-11)9(12)6-4-2/h9,11-13H,3-8H2,1-2H3/t9-,10-/m1/s1. The summed E-state index contributed by atoms with van der Waals surface area (Å²) in [6.45, 7) is 3.61. The average Bonchev–Trinajstić information content (AvgIpc) is 2.14. The smallest absolute Gasteiger partial charge is 0.113 e. The van der Waals surface area contributed by atoms with Crippen molar-refractivity contribution in [2.75, 3.05) is 6.61 Å². The van der Waals surface area contributed by atoms with Gasteiger partial charge in [0, 0.05) is 0 Å². The highest BCUT2D eigenvalue weighted by molar-refractivity contribution is 4.85. The number of hydrogen-bond acceptors (Lipinski definition) is 3. The molecule has 0 unspecified atom stereocenters. The molecule has 0 amide bonds. The van der Waals surface area contributed by atoms with Crippen LogP contribution in [0.5, 0.6) is 0 Å². The van der Waals surface area contributed by atoms with Crippen LogP contribution in [0.25, 0.3) is 0 Å². The van der Waals surface area contributed by atoms with Crippen LogP contribution < -0.4 is 0 Å². The fraction of sp³-hybridized carbons (Fsp3) is 1.00. The van der Waals surface area contributed by atoms with E-state index in [4.69, 9.17) is 5.11 Å². The molecule has 3 N–H and O–H groups in total. The predicted octanol–water partition coefficient (Wildman–Crippen LogP) is 1.06. The highest BCUT2D eigenvalue weighted by Gasteiger charge is 2.33. The highest BCUT2D eigenvalue weighted by atomic mass is 16.4. The molecule has 0 radical (unpaired) electrons. The third-order valence-corrected chi connectivity index (χ3v) is 2.42. The molecule has 0 aliphatic carbocycles. The summed E-state index contributed by atoms with van der Waals surface area (Å²) in [6, 6.07) is 0. The Morgan fingerprint density at radius 1 is 1.23 bits per heavy atom. The van der Waals surface area contributed by atoms with Crippen molar-refractivity contribution in [1.82, 2.24) is 0 Å². The first-order valence-corrected chi connectivity index (χ1v) is 5.12. The number of aliphatic hydroxyl groups is 3. The van der Waals surface area contributed by atoms with Gasteiger partial charge in [0.2, 0.25) is 0 Å². The minimum atomic E-state index is -1.29. The van der Waals surface area contributed by atoms with Gasteiger partial charge in [-0.2, -0.15) is 0 Å². The van der Waals surface area contributed by atoms with Gasteiger partial charge in [0.25, 0.3) is 0 Å². The SMILES string of the molecule is CCCC[C@@](O)(CO)[C@H](O)CCC. The van der Waals surface area contributed by atoms with Crippen molar-refractivity contribution in [3.05, 3.63) is 0 Å². The maximum Gasteiger partial charge on any atom is 0.113 e. The number of unbranched alkanes of at least 4 members (excludes halogenated alkanes) is 1. The zero-order valence-corrected chi connectivity index (χ0v) is 8.66. The maximum atomic E-state index is 9.85. The molecule has 0 aliphatic rings. The molecular formula is C10H22O3. The third-order valence-electron chi connectivity index (χ3n) is 2.42. The second-order valence-corrected chi connectivity index (χ2v) is 3.67. The molecule has 0 saturated carbocycles. The Morgan fingerprint density at radius 3 is 2.23 bits per heavy atom. The molecule has 0 bridgehead atoms. The van der Waals surface area contributed by atoms with Gasteiger partial charge in [-0.3, -0.25) is 0 Å². The summed E-state index contributed by atoms with van der Waals surface area (Å²) in [6.07, 6.45) is 2.82. The first-order valence-electron chi connectivity index (χ1n) is 5.12. The fourth-order valence-corrected chi connectivity index (χ4v) is 1.38. The topological polar surface area (TPSA) is 60.7 Å². The van der Waals surface area contributed by atoms with Gasteiger partial charge in [-0.25, -0.2) is 0 Å². The highest BCUT2D eigenvalue weighted by Crippen LogP contribution is 2.21. The molecule has 0 aromatic rings. The van der Waals surface area contributed by atoms with Crippen molar-refractivity contribution in [2.24, 2.45) is 0 Å². The molecule has 0 spiro atoms. The lowest BCUT2D eigenvalue weighted by atomic mass is 9.89. The van der Waals surface area contributed by atoms with E-state index >= 15 is 0 Å². The van der Waals surface area contributed by atoms with Crippen LogP contribution >= 0.6 is 0 Å². The average molecular weight is 190 g/mol. The van der Waals surface area contributed by atoms with Gasteiger partial charge < -0.3 is 15.3 Å². The Kier molecular flexibility index (Phi) is 6.29. The lowest BCUT2D eigenvalue weighted by Crippen LogP contribution is -2.45. The number of hydrogen-bond donors (Lipinski definition) is 3. The van der Waals surface area contributed by atoms with Gasteiger partial charge in [0.1, 0.15) is 5.60 Å². The molecule has 2 atom stereocenters. The lowest BCUT2D eigenvalue weighted by Gasteiger charge is -2.31. The summed E-state index contributed by atoms with van der Waals surface area (Å²) in [4.78, 5) is 0. The predicted molar refractivity (Wildman–Crippen MR) is 52.5 cm³/mol. The molecule has 3 heteroatoms. The van der Waals surface area contributed by atoms with Crippen LogP contribution in [0.3, 0.4) is 0 Å². The van der Waals surface area contributed by atoms with E-state index in [2.05, 4.69) is 0 Å². The molecule has 0 aromatic heterocycles. The number of aliphatic hydroxyl groups excluding tert-OH is 2. The molecule has 0 saturated heterocycles. The normalized spacial score (nSPS) is 18.2. The Morgan fingerprint density at radius 2 is 1.85 bits per heavy atom. The van der Waals surface area contributed by atoms with Crippen LogP contribution in [0.15, 0.2) is 0 Å². The second-order valence-electron chi connectivity index (χ2n) is 3.67. The summed E-state index contributed by atoms with van der Waals surface area (Å²) < 4.78 is 0. The Hall–Kier alpha value is -0.120. The monoisotopic (exact) mass is 190 g/mol. The van der Waals surface area contributed by atoms with E-state index in [9.17, 15) is 10.2 Å². The van der Waals surface area contributed by atoms with Crippen LogP contribution in [0.2, 0.25) is 0 Å². The molecule has 0 aromatic carbocycles. The van der Waals surface area contributed by atoms with Crippen molar-refractivity contribution in [3.63, 3.8) is 0 Å². The van der Waals surface area contributed by atoms with Gasteiger partial charge in [0.05, 0.1) is 12.7 Å². The van der Waals surface area contributed by atoms with Crippen LogP contribution in [-0.4, -0.2) is 33.6 Å². The molecule has 0 aliphatic heterocycles. The first-order chi connectivity index (χ1) is 6.10. The summed E-state index contributed by atoms with van der Waals surface area (Å²) in [5, 5.41) is 28.4. The van der Waals surface area contributed by atoms with Crippen molar-refractivity contribution in [1.29, 1.82) is 0 Å². The molecule has 3 nitrogen and oxygen atoms in total. The van der Waals surface area contributed by atoms with Crippen LogP contribution in [0.1, 0.15) is 46.0 Å². The van der Waals surface area contributed by atoms with E-state index in [0.717, 1.165) is 19.3 Å². The van der Waals surface area contributed by atoms with E-state index in [1.54, 1.807) is 0 Å². The largest absolute Gasteiger partial charge is 0.393 e. The van der Waals surface area contributed by atoms with Gasteiger partial charge in [0.15, 0.2) is 0 Å². The Balaban J connectivity index is 4.07. The molecule has 80 valence electrons. The van der Waals surface area contributed by atoms with Crippen LogP contribution in [0, 0.1) is 0 Å². The molecule has 0 heterocycles. The zero-order valence-electron chi connectivity index (χ0n) is 8.66. The van der Waals surface area contributed by atoms with Crippen molar-refractivity contribution in [2.45, 2.75) is 57.7 Å². The van der Waals surface area contributed by atoms with E-state index in [0.29, 0.717) is 12.8 Å². The molecule has 0 fully saturated rings. The van der Waals surface area contributed by atoms with Gasteiger partial charge in [-0.1, -0.05) is 33.1 Å². The third kappa shape index (κ3) is 4.07. The zero-order chi connectivity index (χ0) is 10.3. The lowest BCUT2D eigenvalue weighted by molar-refractivity contribution is -0.113. The minimum absolute atomic E-state index is 0.353. The van der Waals surface area contributed by atoms with Crippen molar-refractivity contribution >= 4 is 0 Å². The number of rotatable bonds is 7. The summed E-state index contributed by atoms with van der Waals surface area (Å²) in [5.74, 6) is 0. The maximum absolute atomic E-state index is 9.85. The fourth-order valence-electron chi connectivity index (χ4n) is 1.38. The molecule has 0 rings (SSSR count). The van der Waals surface area contributed by atoms with Gasteiger partial charge in [-0.05, 0) is 12.8 Å². The van der Waals surface area contributed by atoms with Crippen LogP contribution in [0.4, 0.5) is 0 Å². The minimum Gasteiger partial charge on any atom is -0.393 e. The van der Waals surface area contributed by atoms with Gasteiger partial charge in [-0.15, -0.1) is 0 Å². The van der Waals surface area contributed by atoms with E-state index in [1.807, 2.05) is 13.8 Å². The Labute approximate surface area is 80.4 Å². The van der Waals surface area contributed by atoms with E-state index < -0.39 is 11.7 Å². The van der Waals surface area contributed by atoms with Gasteiger partial charge >= 0.3 is 0 Å². The quantitative estimate of drug-likeness (QED) is 0.562.